The second-order valence-electron chi connectivity index (χ2n) is 17.4. The third-order valence-corrected chi connectivity index (χ3v) is 14.9. The summed E-state index contributed by atoms with van der Waals surface area (Å²) in [5.41, 5.74) is 4.07. The third kappa shape index (κ3) is 9.57. The van der Waals surface area contributed by atoms with Crippen molar-refractivity contribution in [3.05, 3.63) is 123 Å². The molecule has 0 spiro atoms. The number of aromatic nitrogens is 2. The Balaban J connectivity index is 0.921. The van der Waals surface area contributed by atoms with E-state index in [4.69, 9.17) is 21.1 Å². The Morgan fingerprint density at radius 2 is 1.81 bits per heavy atom. The molecule has 5 aromatic rings. The number of piperidine rings is 2. The number of pyridine rings is 1. The fourth-order valence-electron chi connectivity index (χ4n) is 9.87. The van der Waals surface area contributed by atoms with Gasteiger partial charge in [0.15, 0.2) is 0 Å². The number of fused-ring (bicyclic) bond motifs is 3. The molecule has 4 aliphatic rings. The van der Waals surface area contributed by atoms with E-state index in [0.29, 0.717) is 55.0 Å². The summed E-state index contributed by atoms with van der Waals surface area (Å²) in [6.07, 6.45) is 11.7. The Morgan fingerprint density at radius 1 is 1.02 bits per heavy atom. The second-order valence-corrected chi connectivity index (χ2v) is 19.6. The number of anilines is 2. The first kappa shape index (κ1) is 42.8. The molecule has 330 valence electrons. The molecule has 3 fully saturated rings. The summed E-state index contributed by atoms with van der Waals surface area (Å²) in [5, 5.41) is 16.8. The Hall–Kier alpha value is -5.48. The molecule has 14 nitrogen and oxygen atoms in total. The molecular weight excluding hydrogens is 842 g/mol. The van der Waals surface area contributed by atoms with Crippen LogP contribution in [0.3, 0.4) is 0 Å². The van der Waals surface area contributed by atoms with Crippen LogP contribution in [-0.2, 0) is 14.8 Å². The average molecular weight is 894 g/mol. The van der Waals surface area contributed by atoms with E-state index in [1.54, 1.807) is 24.4 Å². The van der Waals surface area contributed by atoms with Gasteiger partial charge >= 0.3 is 0 Å². The van der Waals surface area contributed by atoms with E-state index in [0.717, 1.165) is 80.4 Å². The maximum Gasteiger partial charge on any atom is 0.293 e. The van der Waals surface area contributed by atoms with Crippen molar-refractivity contribution in [1.29, 1.82) is 0 Å². The molecule has 3 saturated heterocycles. The summed E-state index contributed by atoms with van der Waals surface area (Å²) in [7, 11) is -4.55. The molecule has 2 aromatic heterocycles. The van der Waals surface area contributed by atoms with Crippen LogP contribution in [0.2, 0.25) is 5.02 Å². The molecule has 3 aliphatic heterocycles. The van der Waals surface area contributed by atoms with Crippen molar-refractivity contribution in [2.75, 3.05) is 56.2 Å². The smallest absolute Gasteiger partial charge is 0.293 e. The van der Waals surface area contributed by atoms with Gasteiger partial charge in [0.2, 0.25) is 0 Å². The van der Waals surface area contributed by atoms with Crippen LogP contribution in [0, 0.1) is 33.8 Å². The van der Waals surface area contributed by atoms with Gasteiger partial charge in [0.1, 0.15) is 22.8 Å². The molecule has 3 aromatic carbocycles. The first-order valence-corrected chi connectivity index (χ1v) is 23.7. The zero-order valence-electron chi connectivity index (χ0n) is 35.2. The van der Waals surface area contributed by atoms with Crippen LogP contribution < -0.4 is 19.7 Å². The molecule has 5 heterocycles. The minimum Gasteiger partial charge on any atom is -0.455 e. The number of amides is 1. The number of nitrogens with one attached hydrogen (secondary N) is 3. The average Bonchev–Trinajstić information content (AvgIpc) is 3.76. The first-order valence-electron chi connectivity index (χ1n) is 21.8. The highest BCUT2D eigenvalue weighted by molar-refractivity contribution is 7.90. The molecule has 0 unspecified atom stereocenters. The largest absolute Gasteiger partial charge is 0.455 e. The zero-order valence-corrected chi connectivity index (χ0v) is 36.7. The van der Waals surface area contributed by atoms with E-state index < -0.39 is 31.4 Å². The van der Waals surface area contributed by atoms with Crippen LogP contribution in [0.5, 0.6) is 11.5 Å². The van der Waals surface area contributed by atoms with Gasteiger partial charge in [0.05, 0.1) is 21.6 Å². The van der Waals surface area contributed by atoms with Crippen molar-refractivity contribution in [1.82, 2.24) is 19.6 Å². The Bertz CT molecular complexity index is 2620. The lowest BCUT2D eigenvalue weighted by Crippen LogP contribution is -2.48. The highest BCUT2D eigenvalue weighted by Gasteiger charge is 2.40. The van der Waals surface area contributed by atoms with E-state index in [9.17, 15) is 23.3 Å². The molecule has 0 saturated carbocycles. The topological polar surface area (TPSA) is 172 Å². The van der Waals surface area contributed by atoms with Gasteiger partial charge in [-0.15, -0.1) is 0 Å². The maximum atomic E-state index is 14.0. The number of H-pyrrole nitrogens is 1. The number of carbonyl (C=O) groups excluding carboxylic acids is 1. The van der Waals surface area contributed by atoms with Crippen LogP contribution in [0.15, 0.2) is 102 Å². The van der Waals surface area contributed by atoms with Crippen molar-refractivity contribution >= 4 is 55.6 Å². The molecule has 63 heavy (non-hydrogen) atoms. The van der Waals surface area contributed by atoms with Gasteiger partial charge in [-0.3, -0.25) is 19.8 Å². The standard InChI is InChI=1S/C47H52ClN7O7S/c1-30-2-3-33-22-41(30)45(34-4-6-36(48)7-5-34)54(29-33)28-32-13-18-53(19-14-32)37-8-10-40(44(24-37)62-38-23-35-12-17-49-46(35)51-27-38)47(56)52-63(59,60)39-9-11-42(43(25-39)55(57)58)50-26-31-15-20-61-21-16-31/h2,4-12,17,23-25,27,31-33,41,45,50H,3,13-16,18-22,26,28-29H2,1H3,(H,49,51)(H,52,56)/t33-,41-,45-/m0/s1. The van der Waals surface area contributed by atoms with E-state index in [1.165, 1.54) is 35.9 Å². The van der Waals surface area contributed by atoms with E-state index in [-0.39, 0.29) is 22.9 Å². The monoisotopic (exact) mass is 893 g/mol. The van der Waals surface area contributed by atoms with Gasteiger partial charge in [-0.05, 0) is 123 Å². The fourth-order valence-corrected chi connectivity index (χ4v) is 11.0. The third-order valence-electron chi connectivity index (χ3n) is 13.3. The normalized spacial score (nSPS) is 21.2. The van der Waals surface area contributed by atoms with Crippen molar-refractivity contribution in [3.63, 3.8) is 0 Å². The van der Waals surface area contributed by atoms with E-state index in [2.05, 4.69) is 54.9 Å². The quantitative estimate of drug-likeness (QED) is 0.0585. The lowest BCUT2D eigenvalue weighted by Gasteiger charge is -2.49. The minimum atomic E-state index is -4.55. The van der Waals surface area contributed by atoms with Crippen LogP contribution in [-0.4, -0.2) is 80.1 Å². The Kier molecular flexibility index (Phi) is 12.4. The molecule has 1 amide bonds. The number of rotatable bonds is 13. The summed E-state index contributed by atoms with van der Waals surface area (Å²) in [5.74, 6) is 1.49. The van der Waals surface area contributed by atoms with Gasteiger partial charge in [-0.25, -0.2) is 18.1 Å². The van der Waals surface area contributed by atoms with Crippen LogP contribution in [0.4, 0.5) is 17.1 Å². The number of sulfonamides is 1. The van der Waals surface area contributed by atoms with Crippen molar-refractivity contribution in [3.8, 4) is 11.5 Å². The molecular formula is C47H52ClN7O7S. The van der Waals surface area contributed by atoms with Crippen molar-refractivity contribution < 1.29 is 27.6 Å². The minimum absolute atomic E-state index is 0.0242. The predicted octanol–water partition coefficient (Wildman–Crippen LogP) is 9.12. The summed E-state index contributed by atoms with van der Waals surface area (Å²) < 4.78 is 41.3. The Morgan fingerprint density at radius 3 is 2.59 bits per heavy atom. The zero-order chi connectivity index (χ0) is 43.7. The highest BCUT2D eigenvalue weighted by atomic mass is 35.5. The van der Waals surface area contributed by atoms with Crippen molar-refractivity contribution in [2.45, 2.75) is 56.4 Å². The number of allylic oxidation sites excluding steroid dienone is 1. The number of hydrogen-bond acceptors (Lipinski definition) is 11. The molecule has 0 radical (unpaired) electrons. The number of nitro groups is 1. The maximum absolute atomic E-state index is 14.0. The molecule has 3 N–H and O–H groups in total. The number of carbonyl (C=O) groups is 1. The summed E-state index contributed by atoms with van der Waals surface area (Å²) in [6, 6.07) is 21.1. The van der Waals surface area contributed by atoms with Gasteiger partial charge < -0.3 is 24.7 Å². The molecule has 3 atom stereocenters. The SMILES string of the molecule is CC1=CC[C@H]2C[C@@H]1[C@H](c1ccc(Cl)cc1)N(CC1CCN(c3ccc(C(=O)NS(=O)(=O)c4ccc(NCC5CCOCC5)c([N+](=O)[O-])c4)c(Oc4cnc5[nH]ccc5c4)c3)CC1)C2. The summed E-state index contributed by atoms with van der Waals surface area (Å²) in [6.45, 7) is 7.71. The van der Waals surface area contributed by atoms with Gasteiger partial charge in [0, 0.05) is 86.4 Å². The Labute approximate surface area is 372 Å². The fraction of sp³-hybridized carbons (Fsp3) is 0.404. The molecule has 1 aliphatic carbocycles. The number of nitro benzene ring substituents is 1. The lowest BCUT2D eigenvalue weighted by atomic mass is 9.71. The van der Waals surface area contributed by atoms with Gasteiger partial charge in [0.25, 0.3) is 21.6 Å². The van der Waals surface area contributed by atoms with E-state index >= 15 is 0 Å². The molecule has 2 bridgehead atoms. The number of nitrogens with zero attached hydrogens (tertiary/aromatic N) is 4. The number of benzene rings is 3. The highest BCUT2D eigenvalue weighted by Crippen LogP contribution is 2.47. The van der Waals surface area contributed by atoms with Gasteiger partial charge in [-0.1, -0.05) is 35.4 Å². The number of halogens is 1. The van der Waals surface area contributed by atoms with Crippen LogP contribution in [0.25, 0.3) is 11.0 Å². The lowest BCUT2D eigenvalue weighted by molar-refractivity contribution is -0.384. The first-order chi connectivity index (χ1) is 30.5. The number of ether oxygens (including phenoxy) is 2. The molecule has 9 rings (SSSR count). The second kappa shape index (κ2) is 18.3. The number of aromatic amines is 1. The van der Waals surface area contributed by atoms with E-state index in [1.807, 2.05) is 24.3 Å². The van der Waals surface area contributed by atoms with Crippen molar-refractivity contribution in [2.24, 2.45) is 23.7 Å². The van der Waals surface area contributed by atoms with Gasteiger partial charge in [-0.2, -0.15) is 0 Å². The number of likely N-dealkylation sites (tertiary alicyclic amines) is 1. The van der Waals surface area contributed by atoms with Crippen LogP contribution in [0.1, 0.15) is 67.4 Å². The summed E-state index contributed by atoms with van der Waals surface area (Å²) >= 11 is 6.32. The molecule has 16 heteroatoms. The number of hydrogen-bond donors (Lipinski definition) is 3. The summed E-state index contributed by atoms with van der Waals surface area (Å²) in [4.78, 5) is 37.5. The van der Waals surface area contributed by atoms with Crippen LogP contribution >= 0.6 is 11.6 Å². The predicted molar refractivity (Wildman–Crippen MR) is 243 cm³/mol.